The van der Waals surface area contributed by atoms with Crippen LogP contribution in [0.5, 0.6) is 0 Å². The second kappa shape index (κ2) is 8.92. The lowest BCUT2D eigenvalue weighted by atomic mass is 10.0. The van der Waals surface area contributed by atoms with Gasteiger partial charge in [-0.3, -0.25) is 14.9 Å². The van der Waals surface area contributed by atoms with Crippen molar-refractivity contribution in [3.63, 3.8) is 0 Å². The van der Waals surface area contributed by atoms with Crippen LogP contribution >= 0.6 is 12.4 Å². The topological polar surface area (TPSA) is 75.5 Å². The van der Waals surface area contributed by atoms with Gasteiger partial charge in [0.05, 0.1) is 11.0 Å². The van der Waals surface area contributed by atoms with E-state index in [1.54, 1.807) is 29.2 Å². The fourth-order valence-electron chi connectivity index (χ4n) is 3.29. The summed E-state index contributed by atoms with van der Waals surface area (Å²) in [6.45, 7) is 3.40. The molecule has 1 saturated heterocycles. The maximum atomic E-state index is 13.6. The Morgan fingerprint density at radius 2 is 2.11 bits per heavy atom. The van der Waals surface area contributed by atoms with E-state index in [0.717, 1.165) is 0 Å². The Bertz CT molecular complexity index is 847. The highest BCUT2D eigenvalue weighted by Crippen LogP contribution is 2.27. The van der Waals surface area contributed by atoms with Crippen molar-refractivity contribution in [3.8, 4) is 0 Å². The van der Waals surface area contributed by atoms with E-state index in [4.69, 9.17) is 0 Å². The molecule has 0 saturated carbocycles. The van der Waals surface area contributed by atoms with Gasteiger partial charge in [-0.25, -0.2) is 4.39 Å². The van der Waals surface area contributed by atoms with Gasteiger partial charge in [-0.15, -0.1) is 12.4 Å². The van der Waals surface area contributed by atoms with E-state index in [2.05, 4.69) is 5.32 Å². The van der Waals surface area contributed by atoms with Crippen LogP contribution in [0.4, 0.5) is 10.1 Å². The molecular weight excluding hydrogens is 373 g/mol. The molecule has 27 heavy (non-hydrogen) atoms. The lowest BCUT2D eigenvalue weighted by molar-refractivity contribution is -0.385. The molecule has 1 heterocycles. The first-order chi connectivity index (χ1) is 12.5. The number of hydrogen-bond acceptors (Lipinski definition) is 4. The standard InChI is InChI=1S/C19H20FN3O3.ClH/c1-2-13-6-7-15(11-17(13)23(25)26)19(24)22-9-8-21-12-18(22)14-4-3-5-16(20)10-14;/h3-7,10-11,18,21H,2,8-9,12H2,1H3;1H. The van der Waals surface area contributed by atoms with Crippen LogP contribution in [0.25, 0.3) is 0 Å². The molecule has 6 nitrogen and oxygen atoms in total. The van der Waals surface area contributed by atoms with Gasteiger partial charge in [0.1, 0.15) is 5.82 Å². The third-order valence-electron chi connectivity index (χ3n) is 4.65. The quantitative estimate of drug-likeness (QED) is 0.637. The molecule has 0 bridgehead atoms. The van der Waals surface area contributed by atoms with E-state index in [-0.39, 0.29) is 41.4 Å². The van der Waals surface area contributed by atoms with Gasteiger partial charge >= 0.3 is 0 Å². The van der Waals surface area contributed by atoms with Crippen molar-refractivity contribution in [2.45, 2.75) is 19.4 Å². The van der Waals surface area contributed by atoms with Gasteiger partial charge < -0.3 is 10.2 Å². The van der Waals surface area contributed by atoms with Gasteiger partial charge in [0.2, 0.25) is 0 Å². The van der Waals surface area contributed by atoms with E-state index >= 15 is 0 Å². The van der Waals surface area contributed by atoms with Crippen LogP contribution in [0.15, 0.2) is 42.5 Å². The van der Waals surface area contributed by atoms with Crippen molar-refractivity contribution < 1.29 is 14.1 Å². The number of hydrogen-bond donors (Lipinski definition) is 1. The Balaban J connectivity index is 0.00000261. The summed E-state index contributed by atoms with van der Waals surface area (Å²) in [5, 5.41) is 14.5. The van der Waals surface area contributed by atoms with Gasteiger partial charge in [0.15, 0.2) is 0 Å². The van der Waals surface area contributed by atoms with Crippen LogP contribution in [0.2, 0.25) is 0 Å². The zero-order chi connectivity index (χ0) is 18.7. The number of halogens is 2. The number of nitro benzene ring substituents is 1. The number of carbonyl (C=O) groups excluding carboxylic acids is 1. The summed E-state index contributed by atoms with van der Waals surface area (Å²) >= 11 is 0. The van der Waals surface area contributed by atoms with Crippen LogP contribution < -0.4 is 5.32 Å². The van der Waals surface area contributed by atoms with Gasteiger partial charge in [0, 0.05) is 36.8 Å². The number of amides is 1. The Kier molecular flexibility index (Phi) is 6.87. The lowest BCUT2D eigenvalue weighted by Crippen LogP contribution is -2.48. The molecule has 0 radical (unpaired) electrons. The molecule has 2 aromatic rings. The Labute approximate surface area is 162 Å². The van der Waals surface area contributed by atoms with Crippen molar-refractivity contribution in [2.75, 3.05) is 19.6 Å². The van der Waals surface area contributed by atoms with Crippen LogP contribution in [0.3, 0.4) is 0 Å². The molecule has 3 rings (SSSR count). The average Bonchev–Trinajstić information content (AvgIpc) is 2.66. The van der Waals surface area contributed by atoms with Crippen molar-refractivity contribution in [1.29, 1.82) is 0 Å². The molecule has 2 aromatic carbocycles. The summed E-state index contributed by atoms with van der Waals surface area (Å²) in [7, 11) is 0. The molecule has 1 aliphatic heterocycles. The number of benzene rings is 2. The molecule has 0 spiro atoms. The molecule has 0 aromatic heterocycles. The molecule has 8 heteroatoms. The number of nitrogens with zero attached hydrogens (tertiary/aromatic N) is 2. The highest BCUT2D eigenvalue weighted by Gasteiger charge is 2.30. The maximum absolute atomic E-state index is 13.6. The second-order valence-electron chi connectivity index (χ2n) is 6.23. The molecular formula is C19H21ClFN3O3. The molecule has 1 amide bonds. The first kappa shape index (κ1) is 20.8. The van der Waals surface area contributed by atoms with Crippen LogP contribution in [-0.4, -0.2) is 35.4 Å². The monoisotopic (exact) mass is 393 g/mol. The Hall–Kier alpha value is -2.51. The summed E-state index contributed by atoms with van der Waals surface area (Å²) < 4.78 is 13.6. The number of nitrogens with one attached hydrogen (secondary N) is 1. The number of aryl methyl sites for hydroxylation is 1. The van der Waals surface area contributed by atoms with Crippen molar-refractivity contribution in [3.05, 3.63) is 75.1 Å². The maximum Gasteiger partial charge on any atom is 0.273 e. The number of carbonyl (C=O) groups is 1. The van der Waals surface area contributed by atoms with Gasteiger partial charge in [-0.1, -0.05) is 25.1 Å². The third-order valence-corrected chi connectivity index (χ3v) is 4.65. The fourth-order valence-corrected chi connectivity index (χ4v) is 3.29. The highest BCUT2D eigenvalue weighted by atomic mass is 35.5. The number of piperazine rings is 1. The molecule has 1 atom stereocenters. The first-order valence-corrected chi connectivity index (χ1v) is 8.55. The molecule has 1 N–H and O–H groups in total. The zero-order valence-electron chi connectivity index (χ0n) is 14.9. The summed E-state index contributed by atoms with van der Waals surface area (Å²) in [5.74, 6) is -0.644. The summed E-state index contributed by atoms with van der Waals surface area (Å²) in [4.78, 5) is 25.5. The van der Waals surface area contributed by atoms with Crippen LogP contribution in [0, 0.1) is 15.9 Å². The summed E-state index contributed by atoms with van der Waals surface area (Å²) in [6, 6.07) is 10.4. The summed E-state index contributed by atoms with van der Waals surface area (Å²) in [5.41, 5.74) is 1.52. The van der Waals surface area contributed by atoms with E-state index < -0.39 is 4.92 Å². The van der Waals surface area contributed by atoms with Gasteiger partial charge in [-0.05, 0) is 30.2 Å². The number of rotatable bonds is 4. The van der Waals surface area contributed by atoms with Gasteiger partial charge in [0.25, 0.3) is 11.6 Å². The normalized spacial score (nSPS) is 16.5. The Morgan fingerprint density at radius 1 is 1.33 bits per heavy atom. The molecule has 1 unspecified atom stereocenters. The predicted molar refractivity (Wildman–Crippen MR) is 103 cm³/mol. The van der Waals surface area contributed by atoms with E-state index in [0.29, 0.717) is 37.2 Å². The van der Waals surface area contributed by atoms with Crippen molar-refractivity contribution >= 4 is 24.0 Å². The van der Waals surface area contributed by atoms with E-state index in [9.17, 15) is 19.3 Å². The second-order valence-corrected chi connectivity index (χ2v) is 6.23. The van der Waals surface area contributed by atoms with Crippen molar-refractivity contribution in [2.24, 2.45) is 0 Å². The van der Waals surface area contributed by atoms with Crippen molar-refractivity contribution in [1.82, 2.24) is 10.2 Å². The molecule has 1 fully saturated rings. The minimum Gasteiger partial charge on any atom is -0.329 e. The molecule has 0 aliphatic carbocycles. The van der Waals surface area contributed by atoms with Crippen LogP contribution in [0.1, 0.15) is 34.5 Å². The van der Waals surface area contributed by atoms with Gasteiger partial charge in [-0.2, -0.15) is 0 Å². The molecule has 1 aliphatic rings. The highest BCUT2D eigenvalue weighted by molar-refractivity contribution is 5.95. The largest absolute Gasteiger partial charge is 0.329 e. The predicted octanol–water partition coefficient (Wildman–Crippen LogP) is 3.50. The van der Waals surface area contributed by atoms with E-state index in [1.165, 1.54) is 18.2 Å². The van der Waals surface area contributed by atoms with E-state index in [1.807, 2.05) is 6.92 Å². The fraction of sp³-hybridized carbons (Fsp3) is 0.316. The third kappa shape index (κ3) is 4.43. The average molecular weight is 394 g/mol. The molecule has 144 valence electrons. The summed E-state index contributed by atoms with van der Waals surface area (Å²) in [6.07, 6.45) is 0.518. The lowest BCUT2D eigenvalue weighted by Gasteiger charge is -2.36. The minimum atomic E-state index is -0.461. The minimum absolute atomic E-state index is 0. The number of nitro groups is 1. The zero-order valence-corrected chi connectivity index (χ0v) is 15.7. The smallest absolute Gasteiger partial charge is 0.273 e. The SMILES string of the molecule is CCc1ccc(C(=O)N2CCNCC2c2cccc(F)c2)cc1[N+](=O)[O-].Cl. The first-order valence-electron chi connectivity index (χ1n) is 8.55. The van der Waals surface area contributed by atoms with Crippen LogP contribution in [-0.2, 0) is 6.42 Å². The Morgan fingerprint density at radius 3 is 2.78 bits per heavy atom.